The summed E-state index contributed by atoms with van der Waals surface area (Å²) in [6, 6.07) is 4.78. The molecule has 1 saturated carbocycles. The molecule has 0 bridgehead atoms. The molecule has 1 saturated heterocycles. The molecule has 0 radical (unpaired) electrons. The highest BCUT2D eigenvalue weighted by Gasteiger charge is 2.35. The van der Waals surface area contributed by atoms with Gasteiger partial charge in [0.1, 0.15) is 0 Å². The standard InChI is InChI=1S/C18H29N3/c1-2-17(19)18(15-8-5-10-20-12-15)21-11-9-14-6-3-4-7-16(14)13-21/h5,8,10,12,14,16-18H,2-4,6-7,9,11,13,19H2,1H3. The highest BCUT2D eigenvalue weighted by molar-refractivity contribution is 5.17. The zero-order chi connectivity index (χ0) is 14.7. The Morgan fingerprint density at radius 3 is 2.81 bits per heavy atom. The summed E-state index contributed by atoms with van der Waals surface area (Å²) in [4.78, 5) is 6.97. The quantitative estimate of drug-likeness (QED) is 0.923. The molecule has 0 spiro atoms. The van der Waals surface area contributed by atoms with Gasteiger partial charge in [0.25, 0.3) is 0 Å². The SMILES string of the molecule is CCC(N)C(c1cccnc1)N1CCC2CCCCC2C1. The van der Waals surface area contributed by atoms with E-state index in [1.54, 1.807) is 0 Å². The Balaban J connectivity index is 1.77. The molecule has 0 amide bonds. The number of rotatable bonds is 4. The van der Waals surface area contributed by atoms with E-state index in [1.165, 1.54) is 50.8 Å². The monoisotopic (exact) mass is 287 g/mol. The Kier molecular flexibility index (Phi) is 4.91. The van der Waals surface area contributed by atoms with Gasteiger partial charge < -0.3 is 5.73 Å². The summed E-state index contributed by atoms with van der Waals surface area (Å²) in [5.74, 6) is 1.87. The van der Waals surface area contributed by atoms with Crippen LogP contribution in [0.2, 0.25) is 0 Å². The molecule has 3 rings (SSSR count). The van der Waals surface area contributed by atoms with Crippen molar-refractivity contribution in [1.82, 2.24) is 9.88 Å². The summed E-state index contributed by atoms with van der Waals surface area (Å²) in [5, 5.41) is 0. The predicted octanol–water partition coefficient (Wildman–Crippen LogP) is 3.37. The average molecular weight is 287 g/mol. The lowest BCUT2D eigenvalue weighted by Gasteiger charge is -2.45. The third-order valence-corrected chi connectivity index (χ3v) is 5.62. The molecule has 1 aliphatic heterocycles. The van der Waals surface area contributed by atoms with Crippen LogP contribution >= 0.6 is 0 Å². The summed E-state index contributed by atoms with van der Waals surface area (Å²) in [7, 11) is 0. The van der Waals surface area contributed by atoms with Crippen molar-refractivity contribution in [3.05, 3.63) is 30.1 Å². The summed E-state index contributed by atoms with van der Waals surface area (Å²) in [6.07, 6.45) is 12.0. The fourth-order valence-electron chi connectivity index (χ4n) is 4.38. The van der Waals surface area contributed by atoms with Crippen LogP contribution in [0.1, 0.15) is 57.1 Å². The Bertz CT molecular complexity index is 433. The van der Waals surface area contributed by atoms with Crippen molar-refractivity contribution in [3.63, 3.8) is 0 Å². The molecule has 1 aromatic heterocycles. The second-order valence-corrected chi connectivity index (χ2v) is 6.89. The van der Waals surface area contributed by atoms with Crippen LogP contribution in [0, 0.1) is 11.8 Å². The van der Waals surface area contributed by atoms with Crippen LogP contribution in [0.15, 0.2) is 24.5 Å². The lowest BCUT2D eigenvalue weighted by atomic mass is 9.74. The van der Waals surface area contributed by atoms with Crippen LogP contribution in [0.5, 0.6) is 0 Å². The van der Waals surface area contributed by atoms with Gasteiger partial charge in [0.15, 0.2) is 0 Å². The van der Waals surface area contributed by atoms with Crippen molar-refractivity contribution < 1.29 is 0 Å². The third kappa shape index (κ3) is 3.29. The van der Waals surface area contributed by atoms with E-state index >= 15 is 0 Å². The van der Waals surface area contributed by atoms with Gasteiger partial charge in [-0.2, -0.15) is 0 Å². The van der Waals surface area contributed by atoms with Crippen molar-refractivity contribution in [2.75, 3.05) is 13.1 Å². The van der Waals surface area contributed by atoms with Crippen LogP contribution in [-0.2, 0) is 0 Å². The molecule has 4 unspecified atom stereocenters. The number of hydrogen-bond donors (Lipinski definition) is 1. The summed E-state index contributed by atoms with van der Waals surface area (Å²) < 4.78 is 0. The third-order valence-electron chi connectivity index (χ3n) is 5.62. The van der Waals surface area contributed by atoms with Gasteiger partial charge in [-0.3, -0.25) is 9.88 Å². The van der Waals surface area contributed by atoms with Gasteiger partial charge in [-0.1, -0.05) is 32.3 Å². The van der Waals surface area contributed by atoms with Gasteiger partial charge in [-0.05, 0) is 49.3 Å². The molecule has 1 aliphatic carbocycles. The second-order valence-electron chi connectivity index (χ2n) is 6.89. The zero-order valence-electron chi connectivity index (χ0n) is 13.2. The topological polar surface area (TPSA) is 42.1 Å². The minimum Gasteiger partial charge on any atom is -0.326 e. The van der Waals surface area contributed by atoms with Crippen LogP contribution in [-0.4, -0.2) is 29.0 Å². The first-order valence-electron chi connectivity index (χ1n) is 8.69. The Hall–Kier alpha value is -0.930. The molecule has 0 aromatic carbocycles. The maximum Gasteiger partial charge on any atom is 0.0514 e. The van der Waals surface area contributed by atoms with Crippen LogP contribution in [0.3, 0.4) is 0 Å². The Morgan fingerprint density at radius 2 is 2.10 bits per heavy atom. The van der Waals surface area contributed by atoms with Crippen LogP contribution in [0.4, 0.5) is 0 Å². The van der Waals surface area contributed by atoms with Crippen molar-refractivity contribution >= 4 is 0 Å². The molecule has 21 heavy (non-hydrogen) atoms. The number of nitrogens with two attached hydrogens (primary N) is 1. The molecule has 4 atom stereocenters. The first-order chi connectivity index (χ1) is 10.3. The van der Waals surface area contributed by atoms with Crippen molar-refractivity contribution in [2.45, 2.75) is 57.5 Å². The normalized spacial score (nSPS) is 29.6. The smallest absolute Gasteiger partial charge is 0.0514 e. The molecular weight excluding hydrogens is 258 g/mol. The number of aromatic nitrogens is 1. The van der Waals surface area contributed by atoms with Crippen molar-refractivity contribution in [2.24, 2.45) is 17.6 Å². The molecule has 1 aromatic rings. The van der Waals surface area contributed by atoms with E-state index in [2.05, 4.69) is 22.9 Å². The van der Waals surface area contributed by atoms with E-state index in [9.17, 15) is 0 Å². The summed E-state index contributed by atoms with van der Waals surface area (Å²) in [6.45, 7) is 4.63. The first kappa shape index (κ1) is 15.0. The molecule has 2 heterocycles. The largest absolute Gasteiger partial charge is 0.326 e. The highest BCUT2D eigenvalue weighted by Crippen LogP contribution is 2.39. The van der Waals surface area contributed by atoms with E-state index in [4.69, 9.17) is 5.73 Å². The molecule has 3 heteroatoms. The average Bonchev–Trinajstić information content (AvgIpc) is 2.56. The zero-order valence-corrected chi connectivity index (χ0v) is 13.2. The first-order valence-corrected chi connectivity index (χ1v) is 8.69. The van der Waals surface area contributed by atoms with E-state index in [1.807, 2.05) is 18.5 Å². The van der Waals surface area contributed by atoms with E-state index in [0.29, 0.717) is 6.04 Å². The number of nitrogens with zero attached hydrogens (tertiary/aromatic N) is 2. The molecule has 3 nitrogen and oxygen atoms in total. The highest BCUT2D eigenvalue weighted by atomic mass is 15.2. The lowest BCUT2D eigenvalue weighted by molar-refractivity contribution is 0.0469. The number of fused-ring (bicyclic) bond motifs is 1. The van der Waals surface area contributed by atoms with E-state index in [-0.39, 0.29) is 6.04 Å². The second kappa shape index (κ2) is 6.89. The number of likely N-dealkylation sites (tertiary alicyclic amines) is 1. The van der Waals surface area contributed by atoms with Gasteiger partial charge in [-0.25, -0.2) is 0 Å². The van der Waals surface area contributed by atoms with Crippen LogP contribution in [0.25, 0.3) is 0 Å². The van der Waals surface area contributed by atoms with E-state index in [0.717, 1.165) is 18.3 Å². The molecule has 2 fully saturated rings. The maximum atomic E-state index is 6.48. The van der Waals surface area contributed by atoms with Crippen molar-refractivity contribution in [3.8, 4) is 0 Å². The number of hydrogen-bond acceptors (Lipinski definition) is 3. The Labute approximate surface area is 128 Å². The fourth-order valence-corrected chi connectivity index (χ4v) is 4.38. The molecular formula is C18H29N3. The van der Waals surface area contributed by atoms with E-state index < -0.39 is 0 Å². The van der Waals surface area contributed by atoms with Gasteiger partial charge in [0.2, 0.25) is 0 Å². The fraction of sp³-hybridized carbons (Fsp3) is 0.722. The minimum absolute atomic E-state index is 0.203. The maximum absolute atomic E-state index is 6.48. The van der Waals surface area contributed by atoms with Crippen LogP contribution < -0.4 is 5.73 Å². The van der Waals surface area contributed by atoms with Gasteiger partial charge in [0.05, 0.1) is 6.04 Å². The van der Waals surface area contributed by atoms with Gasteiger partial charge in [-0.15, -0.1) is 0 Å². The van der Waals surface area contributed by atoms with Gasteiger partial charge in [0, 0.05) is 25.0 Å². The number of pyridine rings is 1. The van der Waals surface area contributed by atoms with Crippen molar-refractivity contribution in [1.29, 1.82) is 0 Å². The summed E-state index contributed by atoms with van der Waals surface area (Å²) in [5.41, 5.74) is 7.77. The molecule has 116 valence electrons. The summed E-state index contributed by atoms with van der Waals surface area (Å²) >= 11 is 0. The Morgan fingerprint density at radius 1 is 1.29 bits per heavy atom. The minimum atomic E-state index is 0.203. The lowest BCUT2D eigenvalue weighted by Crippen LogP contribution is -2.48. The molecule has 2 aliphatic rings. The molecule has 2 N–H and O–H groups in total. The predicted molar refractivity (Wildman–Crippen MR) is 86.9 cm³/mol. The van der Waals surface area contributed by atoms with Gasteiger partial charge >= 0.3 is 0 Å². The number of piperidine rings is 1.